The second kappa shape index (κ2) is 11.3. The summed E-state index contributed by atoms with van der Waals surface area (Å²) in [6.45, 7) is 7.35. The molecule has 0 spiro atoms. The number of hydrogen-bond acceptors (Lipinski definition) is 5. The van der Waals surface area contributed by atoms with E-state index in [2.05, 4.69) is 43.0 Å². The summed E-state index contributed by atoms with van der Waals surface area (Å²) in [6.07, 6.45) is 2.47. The Hall–Kier alpha value is -2.21. The maximum absolute atomic E-state index is 11.1. The summed E-state index contributed by atoms with van der Waals surface area (Å²) in [5.41, 5.74) is 3.04. The Kier molecular flexibility index (Phi) is 8.43. The second-order valence-electron chi connectivity index (χ2n) is 8.35. The third-order valence-corrected chi connectivity index (χ3v) is 5.48. The summed E-state index contributed by atoms with van der Waals surface area (Å²) < 4.78 is 11.5. The molecule has 2 aromatic rings. The molecule has 1 N–H and O–H groups in total. The van der Waals surface area contributed by atoms with Crippen LogP contribution in [-0.2, 0) is 11.3 Å². The molecule has 3 rings (SSSR count). The summed E-state index contributed by atoms with van der Waals surface area (Å²) in [6, 6.07) is 15.8. The van der Waals surface area contributed by atoms with Crippen molar-refractivity contribution in [1.82, 2.24) is 4.90 Å². The molecular formula is C25H33NO4. The van der Waals surface area contributed by atoms with Crippen LogP contribution in [0.4, 0.5) is 0 Å². The third-order valence-electron chi connectivity index (χ3n) is 5.48. The van der Waals surface area contributed by atoms with Crippen molar-refractivity contribution in [2.75, 3.05) is 26.3 Å². The Morgan fingerprint density at radius 2 is 1.97 bits per heavy atom. The summed E-state index contributed by atoms with van der Waals surface area (Å²) in [5.74, 6) is 1.01. The number of rotatable bonds is 11. The minimum atomic E-state index is -0.666. The number of aldehydes is 1. The largest absolute Gasteiger partial charge is 0.490 e. The van der Waals surface area contributed by atoms with E-state index in [1.54, 1.807) is 18.2 Å². The zero-order chi connectivity index (χ0) is 21.3. The van der Waals surface area contributed by atoms with Crippen LogP contribution in [0.2, 0.25) is 0 Å². The smallest absolute Gasteiger partial charge is 0.153 e. The zero-order valence-corrected chi connectivity index (χ0v) is 18.0. The molecule has 1 heterocycles. The average Bonchev–Trinajstić information content (AvgIpc) is 3.26. The lowest BCUT2D eigenvalue weighted by atomic mass is 10.0. The van der Waals surface area contributed by atoms with Gasteiger partial charge in [0.2, 0.25) is 0 Å². The minimum absolute atomic E-state index is 0.138. The van der Waals surface area contributed by atoms with Gasteiger partial charge in [-0.3, -0.25) is 9.69 Å². The predicted octanol–water partition coefficient (Wildman–Crippen LogP) is 4.04. The van der Waals surface area contributed by atoms with Crippen molar-refractivity contribution in [2.24, 2.45) is 0 Å². The highest BCUT2D eigenvalue weighted by Crippen LogP contribution is 2.19. The van der Waals surface area contributed by atoms with Gasteiger partial charge in [-0.25, -0.2) is 0 Å². The molecule has 2 unspecified atom stereocenters. The molecule has 0 bridgehead atoms. The molecule has 5 heteroatoms. The zero-order valence-electron chi connectivity index (χ0n) is 18.0. The van der Waals surface area contributed by atoms with Crippen LogP contribution in [0, 0.1) is 0 Å². The quantitative estimate of drug-likeness (QED) is 0.566. The van der Waals surface area contributed by atoms with Gasteiger partial charge in [0.05, 0.1) is 11.7 Å². The number of aliphatic hydroxyl groups is 1. The van der Waals surface area contributed by atoms with Gasteiger partial charge >= 0.3 is 0 Å². The van der Waals surface area contributed by atoms with Crippen molar-refractivity contribution >= 4 is 6.29 Å². The Morgan fingerprint density at radius 1 is 1.20 bits per heavy atom. The van der Waals surface area contributed by atoms with Crippen LogP contribution in [0.25, 0.3) is 0 Å². The van der Waals surface area contributed by atoms with Crippen molar-refractivity contribution in [1.29, 1.82) is 0 Å². The summed E-state index contributed by atoms with van der Waals surface area (Å²) in [4.78, 5) is 13.4. The van der Waals surface area contributed by atoms with Crippen LogP contribution in [0.3, 0.4) is 0 Å². The number of para-hydroxylation sites is 1. The molecule has 0 aromatic heterocycles. The molecule has 0 amide bonds. The van der Waals surface area contributed by atoms with E-state index in [4.69, 9.17) is 9.47 Å². The number of nitrogens with zero attached hydrogens (tertiary/aromatic N) is 1. The SMILES string of the molecule is CC(C)c1ccc(CN(CC(O)COc2ccccc2C=O)CC2CCCO2)cc1. The van der Waals surface area contributed by atoms with Gasteiger partial charge in [0.25, 0.3) is 0 Å². The fourth-order valence-electron chi connectivity index (χ4n) is 3.79. The predicted molar refractivity (Wildman–Crippen MR) is 118 cm³/mol. The average molecular weight is 412 g/mol. The van der Waals surface area contributed by atoms with Crippen LogP contribution in [-0.4, -0.2) is 54.8 Å². The number of ether oxygens (including phenoxy) is 2. The summed E-state index contributed by atoms with van der Waals surface area (Å²) in [5, 5.41) is 10.6. The van der Waals surface area contributed by atoms with Crippen LogP contribution in [0.15, 0.2) is 48.5 Å². The van der Waals surface area contributed by atoms with Gasteiger partial charge in [-0.05, 0) is 42.0 Å². The van der Waals surface area contributed by atoms with E-state index in [-0.39, 0.29) is 12.7 Å². The van der Waals surface area contributed by atoms with Gasteiger partial charge in [0, 0.05) is 26.2 Å². The van der Waals surface area contributed by atoms with Crippen LogP contribution < -0.4 is 4.74 Å². The first-order valence-electron chi connectivity index (χ1n) is 10.8. The van der Waals surface area contributed by atoms with Gasteiger partial charge < -0.3 is 14.6 Å². The number of carbonyl (C=O) groups is 1. The first-order chi connectivity index (χ1) is 14.5. The first kappa shape index (κ1) is 22.5. The van der Waals surface area contributed by atoms with Crippen LogP contribution >= 0.6 is 0 Å². The lowest BCUT2D eigenvalue weighted by Crippen LogP contribution is -2.39. The number of benzene rings is 2. The van der Waals surface area contributed by atoms with Crippen molar-refractivity contribution < 1.29 is 19.4 Å². The van der Waals surface area contributed by atoms with Gasteiger partial charge in [-0.15, -0.1) is 0 Å². The molecule has 162 valence electrons. The van der Waals surface area contributed by atoms with Crippen LogP contribution in [0.1, 0.15) is 54.1 Å². The van der Waals surface area contributed by atoms with Gasteiger partial charge in [0.1, 0.15) is 18.5 Å². The van der Waals surface area contributed by atoms with Crippen molar-refractivity contribution in [3.05, 3.63) is 65.2 Å². The number of carbonyl (C=O) groups excluding carboxylic acids is 1. The van der Waals surface area contributed by atoms with Crippen molar-refractivity contribution in [3.63, 3.8) is 0 Å². The third kappa shape index (κ3) is 6.66. The Morgan fingerprint density at radius 3 is 2.63 bits per heavy atom. The fraction of sp³-hybridized carbons (Fsp3) is 0.480. The van der Waals surface area contributed by atoms with Gasteiger partial charge in [0.15, 0.2) is 6.29 Å². The number of hydrogen-bond donors (Lipinski definition) is 1. The molecule has 0 radical (unpaired) electrons. The molecule has 5 nitrogen and oxygen atoms in total. The van der Waals surface area contributed by atoms with E-state index in [1.807, 2.05) is 6.07 Å². The molecular weight excluding hydrogens is 378 g/mol. The Balaban J connectivity index is 1.60. The molecule has 2 aromatic carbocycles. The molecule has 2 atom stereocenters. The Bertz CT molecular complexity index is 784. The van der Waals surface area contributed by atoms with E-state index < -0.39 is 6.10 Å². The fourth-order valence-corrected chi connectivity index (χ4v) is 3.79. The van der Waals surface area contributed by atoms with Crippen LogP contribution in [0.5, 0.6) is 5.75 Å². The van der Waals surface area contributed by atoms with Crippen molar-refractivity contribution in [2.45, 2.75) is 51.4 Å². The first-order valence-corrected chi connectivity index (χ1v) is 10.8. The molecule has 1 aliphatic rings. The number of aliphatic hydroxyl groups excluding tert-OH is 1. The molecule has 0 saturated carbocycles. The summed E-state index contributed by atoms with van der Waals surface area (Å²) in [7, 11) is 0. The molecule has 30 heavy (non-hydrogen) atoms. The normalized spacial score (nSPS) is 17.4. The summed E-state index contributed by atoms with van der Waals surface area (Å²) >= 11 is 0. The highest BCUT2D eigenvalue weighted by Gasteiger charge is 2.21. The van der Waals surface area contributed by atoms with Gasteiger partial charge in [-0.2, -0.15) is 0 Å². The molecule has 1 fully saturated rings. The lowest BCUT2D eigenvalue weighted by Gasteiger charge is -2.27. The maximum Gasteiger partial charge on any atom is 0.153 e. The molecule has 0 aliphatic carbocycles. The highest BCUT2D eigenvalue weighted by atomic mass is 16.5. The van der Waals surface area contributed by atoms with E-state index in [9.17, 15) is 9.90 Å². The molecule has 1 aliphatic heterocycles. The lowest BCUT2D eigenvalue weighted by molar-refractivity contribution is 0.0312. The maximum atomic E-state index is 11.1. The second-order valence-corrected chi connectivity index (χ2v) is 8.35. The topological polar surface area (TPSA) is 59.0 Å². The Labute approximate surface area is 179 Å². The van der Waals surface area contributed by atoms with Gasteiger partial charge in [-0.1, -0.05) is 50.2 Å². The van der Waals surface area contributed by atoms with E-state index in [1.165, 1.54) is 11.1 Å². The minimum Gasteiger partial charge on any atom is -0.490 e. The van der Waals surface area contributed by atoms with Crippen molar-refractivity contribution in [3.8, 4) is 5.75 Å². The van der Waals surface area contributed by atoms with E-state index in [0.717, 1.165) is 38.8 Å². The molecule has 1 saturated heterocycles. The monoisotopic (exact) mass is 411 g/mol. The van der Waals surface area contributed by atoms with E-state index in [0.29, 0.717) is 23.8 Å². The standard InChI is InChI=1S/C25H33NO4/c1-19(2)21-11-9-20(10-12-21)14-26(16-24-7-5-13-29-24)15-23(28)18-30-25-8-4-3-6-22(25)17-27/h3-4,6,8-12,17,19,23-24,28H,5,7,13-16,18H2,1-2H3. The van der Waals surface area contributed by atoms with E-state index >= 15 is 0 Å². The highest BCUT2D eigenvalue weighted by molar-refractivity contribution is 5.79.